The number of aryl methyl sites for hydroxylation is 1. The monoisotopic (exact) mass is 331 g/mol. The standard InChI is InChI=1S/C12H14BrN3O.ClH/c1-6-2-3-9(13)15-11(6)16-12(17)10-8-4-7(8)5-14-10;/h2-3,7-8,10,14H,4-5H2,1H3,(H,15,16,17);1H. The molecule has 2 heterocycles. The summed E-state index contributed by atoms with van der Waals surface area (Å²) >= 11 is 3.31. The molecule has 3 rings (SSSR count). The minimum atomic E-state index is -0.0276. The van der Waals surface area contributed by atoms with Gasteiger partial charge in [-0.2, -0.15) is 0 Å². The van der Waals surface area contributed by atoms with E-state index in [9.17, 15) is 4.79 Å². The van der Waals surface area contributed by atoms with Crippen LogP contribution in [0.4, 0.5) is 5.82 Å². The molecule has 1 aliphatic carbocycles. The van der Waals surface area contributed by atoms with Crippen molar-refractivity contribution in [3.63, 3.8) is 0 Å². The molecule has 2 fully saturated rings. The van der Waals surface area contributed by atoms with E-state index in [1.807, 2.05) is 19.1 Å². The second-order valence-corrected chi connectivity index (χ2v) is 5.65. The Balaban J connectivity index is 0.00000120. The number of piperidine rings is 1. The highest BCUT2D eigenvalue weighted by Gasteiger charge is 2.50. The minimum absolute atomic E-state index is 0. The molecule has 2 aliphatic rings. The minimum Gasteiger partial charge on any atom is -0.309 e. The number of hydrogen-bond acceptors (Lipinski definition) is 3. The fourth-order valence-electron chi connectivity index (χ4n) is 2.46. The SMILES string of the molecule is Cc1ccc(Br)nc1NC(=O)C1NCC2CC21.Cl. The van der Waals surface area contributed by atoms with E-state index in [2.05, 4.69) is 31.5 Å². The number of aromatic nitrogens is 1. The Morgan fingerprint density at radius 3 is 2.94 bits per heavy atom. The molecular weight excluding hydrogens is 318 g/mol. The third-order valence-corrected chi connectivity index (χ3v) is 4.03. The quantitative estimate of drug-likeness (QED) is 0.816. The fourth-order valence-corrected chi connectivity index (χ4v) is 2.77. The maximum Gasteiger partial charge on any atom is 0.242 e. The molecule has 6 heteroatoms. The molecule has 0 bridgehead atoms. The Morgan fingerprint density at radius 1 is 1.56 bits per heavy atom. The van der Waals surface area contributed by atoms with E-state index >= 15 is 0 Å². The molecule has 1 aromatic heterocycles. The molecule has 2 N–H and O–H groups in total. The van der Waals surface area contributed by atoms with Gasteiger partial charge in [0, 0.05) is 0 Å². The van der Waals surface area contributed by atoms with Gasteiger partial charge in [0.05, 0.1) is 6.04 Å². The fraction of sp³-hybridized carbons (Fsp3) is 0.500. The van der Waals surface area contributed by atoms with Crippen molar-refractivity contribution in [2.45, 2.75) is 19.4 Å². The summed E-state index contributed by atoms with van der Waals surface area (Å²) in [4.78, 5) is 16.4. The van der Waals surface area contributed by atoms with E-state index in [1.54, 1.807) is 0 Å². The van der Waals surface area contributed by atoms with E-state index in [-0.39, 0.29) is 24.4 Å². The molecule has 1 saturated heterocycles. The lowest BCUT2D eigenvalue weighted by Gasteiger charge is -2.14. The number of pyridine rings is 1. The van der Waals surface area contributed by atoms with Gasteiger partial charge in [-0.3, -0.25) is 4.79 Å². The number of hydrogen-bond donors (Lipinski definition) is 2. The molecule has 3 atom stereocenters. The Bertz CT molecular complexity index is 482. The summed E-state index contributed by atoms with van der Waals surface area (Å²) in [6.45, 7) is 2.92. The van der Waals surface area contributed by atoms with Crippen molar-refractivity contribution in [2.24, 2.45) is 11.8 Å². The zero-order valence-electron chi connectivity index (χ0n) is 9.94. The van der Waals surface area contributed by atoms with Gasteiger partial charge in [-0.15, -0.1) is 12.4 Å². The van der Waals surface area contributed by atoms with Gasteiger partial charge in [0.1, 0.15) is 10.4 Å². The summed E-state index contributed by atoms with van der Waals surface area (Å²) in [5.74, 6) is 1.96. The first-order valence-corrected chi connectivity index (χ1v) is 6.62. The van der Waals surface area contributed by atoms with Crippen LogP contribution >= 0.6 is 28.3 Å². The van der Waals surface area contributed by atoms with Crippen LogP contribution in [0.3, 0.4) is 0 Å². The molecule has 1 aromatic rings. The summed E-state index contributed by atoms with van der Waals surface area (Å²) in [6, 6.07) is 3.78. The van der Waals surface area contributed by atoms with Crippen molar-refractivity contribution in [3.05, 3.63) is 22.3 Å². The van der Waals surface area contributed by atoms with E-state index in [1.165, 1.54) is 6.42 Å². The van der Waals surface area contributed by atoms with E-state index in [0.29, 0.717) is 11.7 Å². The average molecular weight is 333 g/mol. The van der Waals surface area contributed by atoms with E-state index in [4.69, 9.17) is 0 Å². The lowest BCUT2D eigenvalue weighted by atomic mass is 10.2. The molecule has 1 aliphatic heterocycles. The summed E-state index contributed by atoms with van der Waals surface area (Å²) in [5, 5.41) is 6.17. The predicted octanol–water partition coefficient (Wildman–Crippen LogP) is 2.12. The van der Waals surface area contributed by atoms with Crippen molar-refractivity contribution in [1.82, 2.24) is 10.3 Å². The normalized spacial score (nSPS) is 28.2. The lowest BCUT2D eigenvalue weighted by Crippen LogP contribution is -2.39. The Labute approximate surface area is 120 Å². The largest absolute Gasteiger partial charge is 0.309 e. The number of fused-ring (bicyclic) bond motifs is 1. The maximum absolute atomic E-state index is 12.1. The Kier molecular flexibility index (Phi) is 3.94. The third-order valence-electron chi connectivity index (χ3n) is 3.59. The number of amides is 1. The molecule has 1 saturated carbocycles. The first-order valence-electron chi connectivity index (χ1n) is 5.82. The van der Waals surface area contributed by atoms with Gasteiger partial charge in [0.15, 0.2) is 0 Å². The molecule has 4 nitrogen and oxygen atoms in total. The molecular formula is C12H15BrClN3O. The highest BCUT2D eigenvalue weighted by atomic mass is 79.9. The first kappa shape index (κ1) is 13.8. The molecule has 3 unspecified atom stereocenters. The van der Waals surface area contributed by atoms with Crippen LogP contribution in [-0.2, 0) is 4.79 Å². The second-order valence-electron chi connectivity index (χ2n) is 4.83. The van der Waals surface area contributed by atoms with Gasteiger partial charge in [-0.1, -0.05) is 6.07 Å². The number of carbonyl (C=O) groups is 1. The highest BCUT2D eigenvalue weighted by Crippen LogP contribution is 2.45. The van der Waals surface area contributed by atoms with Crippen LogP contribution in [0.25, 0.3) is 0 Å². The summed E-state index contributed by atoms with van der Waals surface area (Å²) < 4.78 is 0.738. The molecule has 1 amide bonds. The average Bonchev–Trinajstić information content (AvgIpc) is 2.95. The zero-order valence-corrected chi connectivity index (χ0v) is 12.3. The highest BCUT2D eigenvalue weighted by molar-refractivity contribution is 9.10. The van der Waals surface area contributed by atoms with Gasteiger partial charge in [0.25, 0.3) is 0 Å². The number of nitrogens with one attached hydrogen (secondary N) is 2. The number of rotatable bonds is 2. The molecule has 0 radical (unpaired) electrons. The van der Waals surface area contributed by atoms with Crippen LogP contribution in [0.1, 0.15) is 12.0 Å². The number of anilines is 1. The van der Waals surface area contributed by atoms with Crippen LogP contribution in [-0.4, -0.2) is 23.5 Å². The van der Waals surface area contributed by atoms with E-state index < -0.39 is 0 Å². The van der Waals surface area contributed by atoms with Gasteiger partial charge >= 0.3 is 0 Å². The van der Waals surface area contributed by atoms with Gasteiger partial charge in [-0.05, 0) is 59.3 Å². The lowest BCUT2D eigenvalue weighted by molar-refractivity contribution is -0.118. The van der Waals surface area contributed by atoms with Crippen LogP contribution in [0, 0.1) is 18.8 Å². The van der Waals surface area contributed by atoms with Crippen molar-refractivity contribution in [3.8, 4) is 0 Å². The van der Waals surface area contributed by atoms with Crippen molar-refractivity contribution < 1.29 is 4.79 Å². The number of carbonyl (C=O) groups excluding carboxylic acids is 1. The zero-order chi connectivity index (χ0) is 12.0. The van der Waals surface area contributed by atoms with Crippen LogP contribution in [0.15, 0.2) is 16.7 Å². The molecule has 0 aromatic carbocycles. The van der Waals surface area contributed by atoms with Crippen LogP contribution in [0.5, 0.6) is 0 Å². The number of nitrogens with zero attached hydrogens (tertiary/aromatic N) is 1. The van der Waals surface area contributed by atoms with Crippen molar-refractivity contribution in [2.75, 3.05) is 11.9 Å². The number of halogens is 2. The van der Waals surface area contributed by atoms with Crippen molar-refractivity contribution in [1.29, 1.82) is 0 Å². The van der Waals surface area contributed by atoms with Crippen LogP contribution in [0.2, 0.25) is 0 Å². The molecule has 98 valence electrons. The van der Waals surface area contributed by atoms with Gasteiger partial charge in [0.2, 0.25) is 5.91 Å². The van der Waals surface area contributed by atoms with Crippen LogP contribution < -0.4 is 10.6 Å². The van der Waals surface area contributed by atoms with Gasteiger partial charge in [-0.25, -0.2) is 4.98 Å². The van der Waals surface area contributed by atoms with Gasteiger partial charge < -0.3 is 10.6 Å². The summed E-state index contributed by atoms with van der Waals surface area (Å²) in [6.07, 6.45) is 1.19. The summed E-state index contributed by atoms with van der Waals surface area (Å²) in [5.41, 5.74) is 0.979. The van der Waals surface area contributed by atoms with Crippen molar-refractivity contribution >= 4 is 40.1 Å². The maximum atomic E-state index is 12.1. The van der Waals surface area contributed by atoms with E-state index in [0.717, 1.165) is 22.6 Å². The second kappa shape index (κ2) is 5.15. The summed E-state index contributed by atoms with van der Waals surface area (Å²) in [7, 11) is 0. The third kappa shape index (κ3) is 2.53. The Morgan fingerprint density at radius 2 is 2.33 bits per heavy atom. The predicted molar refractivity (Wildman–Crippen MR) is 75.9 cm³/mol. The molecule has 18 heavy (non-hydrogen) atoms. The Hall–Kier alpha value is -0.650. The molecule has 0 spiro atoms. The topological polar surface area (TPSA) is 54.0 Å². The first-order chi connectivity index (χ1) is 8.15. The smallest absolute Gasteiger partial charge is 0.242 e.